The fourth-order valence-corrected chi connectivity index (χ4v) is 2.32. The van der Waals surface area contributed by atoms with Gasteiger partial charge in [0.15, 0.2) is 5.78 Å². The molecule has 0 atom stereocenters. The first-order chi connectivity index (χ1) is 8.56. The molecular weight excluding hydrogens is 224 g/mol. The molecule has 1 rings (SSSR count). The summed E-state index contributed by atoms with van der Waals surface area (Å²) in [6.07, 6.45) is 6.22. The van der Waals surface area contributed by atoms with Crippen LogP contribution < -0.4 is 0 Å². The molecule has 0 aliphatic heterocycles. The van der Waals surface area contributed by atoms with Crippen LogP contribution in [0.5, 0.6) is 5.75 Å². The highest BCUT2D eigenvalue weighted by Gasteiger charge is 2.14. The Morgan fingerprint density at radius 1 is 1.11 bits per heavy atom. The van der Waals surface area contributed by atoms with Crippen LogP contribution in [0.15, 0.2) is 12.1 Å². The Bertz CT molecular complexity index is 385. The van der Waals surface area contributed by atoms with Crippen LogP contribution >= 0.6 is 0 Å². The molecule has 100 valence electrons. The third-order valence-corrected chi connectivity index (χ3v) is 3.25. The summed E-state index contributed by atoms with van der Waals surface area (Å²) in [5.41, 5.74) is 2.38. The van der Waals surface area contributed by atoms with Gasteiger partial charge in [-0.15, -0.1) is 0 Å². The van der Waals surface area contributed by atoms with E-state index in [-0.39, 0.29) is 11.5 Å². The van der Waals surface area contributed by atoms with Crippen molar-refractivity contribution in [2.75, 3.05) is 0 Å². The third kappa shape index (κ3) is 4.17. The van der Waals surface area contributed by atoms with Crippen molar-refractivity contribution in [1.82, 2.24) is 0 Å². The lowest BCUT2D eigenvalue weighted by molar-refractivity contribution is 0.0976. The minimum Gasteiger partial charge on any atom is -0.507 e. The first-order valence-corrected chi connectivity index (χ1v) is 6.89. The quantitative estimate of drug-likeness (QED) is 0.567. The van der Waals surface area contributed by atoms with Crippen LogP contribution in [0.2, 0.25) is 0 Å². The third-order valence-electron chi connectivity index (χ3n) is 3.25. The molecule has 0 aliphatic carbocycles. The molecule has 0 spiro atoms. The number of aromatic hydroxyl groups is 1. The molecule has 0 unspecified atom stereocenters. The number of benzene rings is 1. The van der Waals surface area contributed by atoms with Crippen LogP contribution in [0.1, 0.15) is 66.9 Å². The maximum Gasteiger partial charge on any atom is 0.166 e. The van der Waals surface area contributed by atoms with Crippen molar-refractivity contribution >= 4 is 5.78 Å². The normalized spacial score (nSPS) is 10.6. The number of carbonyl (C=O) groups excluding carboxylic acids is 1. The lowest BCUT2D eigenvalue weighted by Crippen LogP contribution is -2.03. The lowest BCUT2D eigenvalue weighted by atomic mass is 9.97. The van der Waals surface area contributed by atoms with Crippen molar-refractivity contribution in [2.45, 2.75) is 59.3 Å². The zero-order valence-electron chi connectivity index (χ0n) is 11.8. The smallest absolute Gasteiger partial charge is 0.166 e. The number of unbranched alkanes of at least 4 members (excludes halogenated alkanes) is 4. The highest BCUT2D eigenvalue weighted by atomic mass is 16.3. The van der Waals surface area contributed by atoms with Crippen molar-refractivity contribution in [1.29, 1.82) is 0 Å². The van der Waals surface area contributed by atoms with Gasteiger partial charge in [0.05, 0.1) is 5.56 Å². The Morgan fingerprint density at radius 3 is 2.39 bits per heavy atom. The van der Waals surface area contributed by atoms with Crippen molar-refractivity contribution in [3.8, 4) is 5.75 Å². The molecule has 1 N–H and O–H groups in total. The van der Waals surface area contributed by atoms with E-state index in [1.54, 1.807) is 6.07 Å². The molecule has 18 heavy (non-hydrogen) atoms. The number of rotatable bonds is 7. The number of phenols is 1. The van der Waals surface area contributed by atoms with Gasteiger partial charge in [-0.25, -0.2) is 0 Å². The Labute approximate surface area is 110 Å². The number of hydrogen-bond donors (Lipinski definition) is 1. The van der Waals surface area contributed by atoms with Gasteiger partial charge in [0.2, 0.25) is 0 Å². The largest absolute Gasteiger partial charge is 0.507 e. The Kier molecular flexibility index (Phi) is 5.90. The second-order valence-corrected chi connectivity index (χ2v) is 5.06. The van der Waals surface area contributed by atoms with Crippen LogP contribution in [0.3, 0.4) is 0 Å². The van der Waals surface area contributed by atoms with E-state index in [4.69, 9.17) is 0 Å². The zero-order chi connectivity index (χ0) is 13.5. The van der Waals surface area contributed by atoms with Gasteiger partial charge < -0.3 is 5.11 Å². The maximum atomic E-state index is 12.1. The van der Waals surface area contributed by atoms with E-state index in [0.717, 1.165) is 24.0 Å². The van der Waals surface area contributed by atoms with Crippen LogP contribution in [-0.4, -0.2) is 10.9 Å². The molecule has 0 aliphatic rings. The fourth-order valence-electron chi connectivity index (χ4n) is 2.32. The maximum absolute atomic E-state index is 12.1. The standard InChI is InChI=1S/C16H24O2/c1-4-5-6-7-8-9-14(17)16-13(3)10-12(2)11-15(16)18/h10-11,18H,4-9H2,1-3H3. The predicted octanol–water partition coefficient (Wildman–Crippen LogP) is 4.55. The van der Waals surface area contributed by atoms with Crippen LogP contribution in [0.25, 0.3) is 0 Å². The SMILES string of the molecule is CCCCCCCC(=O)c1c(C)cc(C)cc1O. The molecule has 0 aromatic heterocycles. The second-order valence-electron chi connectivity index (χ2n) is 5.06. The molecular formula is C16H24O2. The number of phenolic OH excluding ortho intramolecular Hbond substituents is 1. The second kappa shape index (κ2) is 7.20. The summed E-state index contributed by atoms with van der Waals surface area (Å²) in [6.45, 7) is 5.99. The van der Waals surface area contributed by atoms with Crippen molar-refractivity contribution < 1.29 is 9.90 Å². The predicted molar refractivity (Wildman–Crippen MR) is 75.3 cm³/mol. The molecule has 2 heteroatoms. The Morgan fingerprint density at radius 2 is 1.78 bits per heavy atom. The first kappa shape index (κ1) is 14.7. The first-order valence-electron chi connectivity index (χ1n) is 6.89. The molecule has 0 bridgehead atoms. The number of aryl methyl sites for hydroxylation is 2. The van der Waals surface area contributed by atoms with E-state index in [9.17, 15) is 9.90 Å². The van der Waals surface area contributed by atoms with Crippen molar-refractivity contribution in [3.05, 3.63) is 28.8 Å². The van der Waals surface area contributed by atoms with Gasteiger partial charge in [0.25, 0.3) is 0 Å². The van der Waals surface area contributed by atoms with Crippen LogP contribution in [0.4, 0.5) is 0 Å². The van der Waals surface area contributed by atoms with Gasteiger partial charge in [-0.2, -0.15) is 0 Å². The monoisotopic (exact) mass is 248 g/mol. The summed E-state index contributed by atoms with van der Waals surface area (Å²) in [5.74, 6) is 0.201. The number of hydrogen-bond acceptors (Lipinski definition) is 2. The Hall–Kier alpha value is -1.31. The highest BCUT2D eigenvalue weighted by molar-refractivity contribution is 6.00. The number of Topliss-reactive ketones (excluding diaryl/α,β-unsaturated/α-hetero) is 1. The molecule has 1 aromatic rings. The topological polar surface area (TPSA) is 37.3 Å². The van der Waals surface area contributed by atoms with E-state index in [1.165, 1.54) is 19.3 Å². The van der Waals surface area contributed by atoms with Crippen molar-refractivity contribution in [2.24, 2.45) is 0 Å². The van der Waals surface area contributed by atoms with Gasteiger partial charge in [-0.05, 0) is 37.5 Å². The van der Waals surface area contributed by atoms with Crippen LogP contribution in [-0.2, 0) is 0 Å². The molecule has 0 saturated heterocycles. The number of carbonyl (C=O) groups is 1. The average Bonchev–Trinajstić information content (AvgIpc) is 2.27. The Balaban J connectivity index is 2.57. The van der Waals surface area contributed by atoms with E-state index >= 15 is 0 Å². The van der Waals surface area contributed by atoms with E-state index in [0.29, 0.717) is 12.0 Å². The summed E-state index contributed by atoms with van der Waals surface area (Å²) in [7, 11) is 0. The minimum atomic E-state index is 0.0708. The molecule has 0 amide bonds. The van der Waals surface area contributed by atoms with Gasteiger partial charge >= 0.3 is 0 Å². The van der Waals surface area contributed by atoms with E-state index in [1.807, 2.05) is 19.9 Å². The summed E-state index contributed by atoms with van der Waals surface area (Å²) in [6, 6.07) is 3.61. The highest BCUT2D eigenvalue weighted by Crippen LogP contribution is 2.25. The molecule has 1 aromatic carbocycles. The van der Waals surface area contributed by atoms with Crippen molar-refractivity contribution in [3.63, 3.8) is 0 Å². The molecule has 2 nitrogen and oxygen atoms in total. The summed E-state index contributed by atoms with van der Waals surface area (Å²) in [4.78, 5) is 12.1. The average molecular weight is 248 g/mol. The summed E-state index contributed by atoms with van der Waals surface area (Å²) < 4.78 is 0. The van der Waals surface area contributed by atoms with E-state index < -0.39 is 0 Å². The van der Waals surface area contributed by atoms with E-state index in [2.05, 4.69) is 6.92 Å². The van der Waals surface area contributed by atoms with Gasteiger partial charge in [0.1, 0.15) is 5.75 Å². The number of ketones is 1. The van der Waals surface area contributed by atoms with Gasteiger partial charge in [0, 0.05) is 6.42 Å². The van der Waals surface area contributed by atoms with Gasteiger partial charge in [-0.3, -0.25) is 4.79 Å². The summed E-state index contributed by atoms with van der Waals surface area (Å²) in [5, 5.41) is 9.86. The van der Waals surface area contributed by atoms with Crippen LogP contribution in [0, 0.1) is 13.8 Å². The minimum absolute atomic E-state index is 0.0708. The molecule has 0 saturated carbocycles. The van der Waals surface area contributed by atoms with Gasteiger partial charge in [-0.1, -0.05) is 38.7 Å². The summed E-state index contributed by atoms with van der Waals surface area (Å²) >= 11 is 0. The zero-order valence-corrected chi connectivity index (χ0v) is 11.8. The molecule has 0 radical (unpaired) electrons. The molecule has 0 heterocycles. The fraction of sp³-hybridized carbons (Fsp3) is 0.562. The lowest BCUT2D eigenvalue weighted by Gasteiger charge is -2.09. The molecule has 0 fully saturated rings.